The van der Waals surface area contributed by atoms with Gasteiger partial charge in [0.25, 0.3) is 0 Å². The van der Waals surface area contributed by atoms with E-state index in [-0.39, 0.29) is 29.7 Å². The summed E-state index contributed by atoms with van der Waals surface area (Å²) in [6, 6.07) is 37.7. The van der Waals surface area contributed by atoms with Crippen molar-refractivity contribution in [3.8, 4) is 33.4 Å². The minimum atomic E-state index is -0.402. The fourth-order valence-corrected chi connectivity index (χ4v) is 5.84. The summed E-state index contributed by atoms with van der Waals surface area (Å²) in [7, 11) is 0. The monoisotopic (exact) mass is 501 g/mol. The molecule has 0 spiro atoms. The summed E-state index contributed by atoms with van der Waals surface area (Å²) in [5, 5.41) is 6.36. The first-order valence-corrected chi connectivity index (χ1v) is 12.9. The third-order valence-corrected chi connectivity index (χ3v) is 7.54. The van der Waals surface area contributed by atoms with E-state index >= 15 is 0 Å². The first-order chi connectivity index (χ1) is 21.4. The van der Waals surface area contributed by atoms with Crippen LogP contribution in [0.1, 0.15) is 6.85 Å². The average Bonchev–Trinajstić information content (AvgIpc) is 3.43. The van der Waals surface area contributed by atoms with Gasteiger partial charge in [-0.2, -0.15) is 0 Å². The maximum Gasteiger partial charge on any atom is 0.135 e. The van der Waals surface area contributed by atoms with Crippen LogP contribution in [0, 0.1) is 0 Å². The number of hydrogen-bond acceptors (Lipinski definition) is 1. The summed E-state index contributed by atoms with van der Waals surface area (Å²) in [4.78, 5) is 0. The van der Waals surface area contributed by atoms with E-state index in [0.717, 1.165) is 38.3 Å². The van der Waals surface area contributed by atoms with Crippen LogP contribution in [0.25, 0.3) is 76.9 Å². The third kappa shape index (κ3) is 3.48. The Bertz CT molecular complexity index is 2360. The van der Waals surface area contributed by atoms with Crippen molar-refractivity contribution in [2.75, 3.05) is 0 Å². The Balaban J connectivity index is 1.41. The van der Waals surface area contributed by atoms with Gasteiger partial charge in [0.15, 0.2) is 0 Å². The van der Waals surface area contributed by atoms with E-state index in [1.807, 2.05) is 24.3 Å². The molecule has 1 heterocycles. The molecule has 0 unspecified atom stereocenters. The molecule has 0 fully saturated rings. The Hall–Kier alpha value is -5.14. The summed E-state index contributed by atoms with van der Waals surface area (Å²) >= 11 is 0. The van der Waals surface area contributed by atoms with Gasteiger partial charge >= 0.3 is 0 Å². The lowest BCUT2D eigenvalue weighted by atomic mass is 9.86. The zero-order chi connectivity index (χ0) is 30.1. The number of hydrogen-bond donors (Lipinski definition) is 0. The topological polar surface area (TPSA) is 13.1 Å². The zero-order valence-electron chi connectivity index (χ0n) is 25.9. The molecule has 182 valence electrons. The second-order valence-electron chi connectivity index (χ2n) is 9.73. The predicted molar refractivity (Wildman–Crippen MR) is 165 cm³/mol. The fraction of sp³-hybridized carbons (Fsp3) is 0. The van der Waals surface area contributed by atoms with E-state index in [9.17, 15) is 0 Å². The smallest absolute Gasteiger partial charge is 0.135 e. The fourth-order valence-electron chi connectivity index (χ4n) is 5.84. The predicted octanol–water partition coefficient (Wildman–Crippen LogP) is 10.9. The second-order valence-corrected chi connectivity index (χ2v) is 9.73. The van der Waals surface area contributed by atoms with Crippen LogP contribution in [-0.4, -0.2) is 0 Å². The number of fused-ring (bicyclic) bond motifs is 5. The van der Waals surface area contributed by atoms with E-state index in [2.05, 4.69) is 84.9 Å². The van der Waals surface area contributed by atoms with E-state index in [4.69, 9.17) is 11.3 Å². The minimum Gasteiger partial charge on any atom is -0.456 e. The average molecular weight is 502 g/mol. The molecule has 0 bridgehead atoms. The van der Waals surface area contributed by atoms with E-state index < -0.39 is 6.04 Å². The zero-order valence-corrected chi connectivity index (χ0v) is 20.9. The molecule has 0 saturated carbocycles. The SMILES string of the molecule is [2H]c1c([2H])c([2H])c(-c2ccc3oc4ccc(-c5c6ccccc6c(-c6ccccc6)c6ccccc56)cc4c3c2)c([2H])c1[2H]. The standard InChI is InChI=1S/C38H24O/c1-3-11-25(12-4-1)27-19-21-35-33(23-27)34-24-28(20-22-36(34)39-35)38-31-17-9-7-15-29(31)37(26-13-5-2-6-14-26)30-16-8-10-18-32(30)38/h1-24H/i1D,3D,4D,11D,12D. The first kappa shape index (κ1) is 17.4. The Morgan fingerprint density at radius 1 is 0.385 bits per heavy atom. The lowest BCUT2D eigenvalue weighted by Gasteiger charge is -2.17. The maximum absolute atomic E-state index is 8.49. The molecule has 0 aliphatic carbocycles. The van der Waals surface area contributed by atoms with Crippen LogP contribution in [0.3, 0.4) is 0 Å². The van der Waals surface area contributed by atoms with Crippen LogP contribution >= 0.6 is 0 Å². The van der Waals surface area contributed by atoms with Crippen LogP contribution in [-0.2, 0) is 0 Å². The molecule has 8 rings (SSSR count). The molecular formula is C38H24O. The van der Waals surface area contributed by atoms with Gasteiger partial charge in [-0.25, -0.2) is 0 Å². The van der Waals surface area contributed by atoms with Gasteiger partial charge in [0, 0.05) is 10.8 Å². The van der Waals surface area contributed by atoms with Gasteiger partial charge < -0.3 is 4.42 Å². The molecule has 1 nitrogen and oxygen atoms in total. The molecule has 1 heteroatoms. The Kier molecular flexibility index (Phi) is 3.89. The normalized spacial score (nSPS) is 13.4. The Morgan fingerprint density at radius 2 is 0.872 bits per heavy atom. The molecule has 0 atom stereocenters. The maximum atomic E-state index is 8.49. The Labute approximate surface area is 233 Å². The van der Waals surface area contributed by atoms with E-state index in [1.165, 1.54) is 21.9 Å². The molecule has 7 aromatic carbocycles. The van der Waals surface area contributed by atoms with Crippen molar-refractivity contribution in [3.63, 3.8) is 0 Å². The molecule has 0 aliphatic rings. The Morgan fingerprint density at radius 3 is 1.46 bits per heavy atom. The van der Waals surface area contributed by atoms with Crippen LogP contribution < -0.4 is 0 Å². The minimum absolute atomic E-state index is 0.178. The highest BCUT2D eigenvalue weighted by Gasteiger charge is 2.17. The second kappa shape index (κ2) is 8.72. The highest BCUT2D eigenvalue weighted by Crippen LogP contribution is 2.44. The molecule has 1 aromatic heterocycles. The van der Waals surface area contributed by atoms with Gasteiger partial charge in [0.2, 0.25) is 0 Å². The van der Waals surface area contributed by atoms with E-state index in [0.29, 0.717) is 11.1 Å². The number of furan rings is 1. The van der Waals surface area contributed by atoms with E-state index in [1.54, 1.807) is 6.07 Å². The van der Waals surface area contributed by atoms with Crippen molar-refractivity contribution in [1.82, 2.24) is 0 Å². The van der Waals surface area contributed by atoms with Gasteiger partial charge in [-0.1, -0.05) is 121 Å². The van der Waals surface area contributed by atoms with Crippen LogP contribution in [0.15, 0.2) is 150 Å². The summed E-state index contributed by atoms with van der Waals surface area (Å²) < 4.78 is 47.5. The summed E-state index contributed by atoms with van der Waals surface area (Å²) in [6.07, 6.45) is 0. The lowest BCUT2D eigenvalue weighted by molar-refractivity contribution is 0.669. The van der Waals surface area contributed by atoms with Crippen molar-refractivity contribution in [3.05, 3.63) is 145 Å². The van der Waals surface area contributed by atoms with Crippen molar-refractivity contribution in [2.24, 2.45) is 0 Å². The van der Waals surface area contributed by atoms with Crippen LogP contribution in [0.2, 0.25) is 0 Å². The summed E-state index contributed by atoms with van der Waals surface area (Å²) in [6.45, 7) is 0. The number of rotatable bonds is 3. The van der Waals surface area contributed by atoms with Gasteiger partial charge in [-0.05, 0) is 79.2 Å². The molecule has 8 aromatic rings. The molecule has 0 amide bonds. The summed E-state index contributed by atoms with van der Waals surface area (Å²) in [5.74, 6) is 0. The van der Waals surface area contributed by atoms with Crippen molar-refractivity contribution < 1.29 is 11.3 Å². The van der Waals surface area contributed by atoms with Crippen molar-refractivity contribution >= 4 is 43.5 Å². The third-order valence-electron chi connectivity index (χ3n) is 7.54. The van der Waals surface area contributed by atoms with Crippen molar-refractivity contribution in [1.29, 1.82) is 0 Å². The highest BCUT2D eigenvalue weighted by molar-refractivity contribution is 6.22. The molecule has 0 radical (unpaired) electrons. The van der Waals surface area contributed by atoms with Gasteiger partial charge in [0.05, 0.1) is 6.85 Å². The molecule has 0 aliphatic heterocycles. The lowest BCUT2D eigenvalue weighted by Crippen LogP contribution is -1.90. The largest absolute Gasteiger partial charge is 0.456 e. The summed E-state index contributed by atoms with van der Waals surface area (Å²) in [5.41, 5.74) is 6.66. The van der Waals surface area contributed by atoms with Gasteiger partial charge in [-0.3, -0.25) is 0 Å². The van der Waals surface area contributed by atoms with Crippen LogP contribution in [0.5, 0.6) is 0 Å². The molecule has 0 saturated heterocycles. The first-order valence-electron chi connectivity index (χ1n) is 15.4. The van der Waals surface area contributed by atoms with Gasteiger partial charge in [-0.15, -0.1) is 0 Å². The van der Waals surface area contributed by atoms with Crippen molar-refractivity contribution in [2.45, 2.75) is 0 Å². The molecular weight excluding hydrogens is 472 g/mol. The molecule has 39 heavy (non-hydrogen) atoms. The van der Waals surface area contributed by atoms with Gasteiger partial charge in [0.1, 0.15) is 11.2 Å². The molecule has 0 N–H and O–H groups in total. The number of benzene rings is 7. The highest BCUT2D eigenvalue weighted by atomic mass is 16.3. The quantitative estimate of drug-likeness (QED) is 0.219. The van der Waals surface area contributed by atoms with Crippen LogP contribution in [0.4, 0.5) is 0 Å².